The Morgan fingerprint density at radius 1 is 1.30 bits per heavy atom. The zero-order valence-electron chi connectivity index (χ0n) is 12.5. The van der Waals surface area contributed by atoms with Crippen molar-refractivity contribution in [3.05, 3.63) is 17.0 Å². The monoisotopic (exact) mass is 277 g/mol. The van der Waals surface area contributed by atoms with Crippen molar-refractivity contribution in [3.63, 3.8) is 0 Å². The Morgan fingerprint density at radius 3 is 2.75 bits per heavy atom. The molecule has 0 saturated carbocycles. The van der Waals surface area contributed by atoms with Gasteiger partial charge in [0.1, 0.15) is 5.76 Å². The van der Waals surface area contributed by atoms with Crippen LogP contribution in [0.4, 0.5) is 0 Å². The fourth-order valence-corrected chi connectivity index (χ4v) is 3.55. The van der Waals surface area contributed by atoms with E-state index in [0.29, 0.717) is 24.2 Å². The van der Waals surface area contributed by atoms with E-state index in [9.17, 15) is 4.79 Å². The topological polar surface area (TPSA) is 59.7 Å². The maximum absolute atomic E-state index is 12.4. The highest BCUT2D eigenvalue weighted by Gasteiger charge is 2.33. The van der Waals surface area contributed by atoms with Gasteiger partial charge in [-0.3, -0.25) is 4.79 Å². The number of carbonyl (C=O) groups excluding carboxylic acids is 1. The predicted molar refractivity (Wildman–Crippen MR) is 75.6 cm³/mol. The summed E-state index contributed by atoms with van der Waals surface area (Å²) in [6.07, 6.45) is 4.91. The number of hydrogen-bond acceptors (Lipinski definition) is 3. The average molecular weight is 277 g/mol. The second-order valence-corrected chi connectivity index (χ2v) is 6.78. The molecule has 110 valence electrons. The van der Waals surface area contributed by atoms with Gasteiger partial charge in [-0.2, -0.15) is 0 Å². The number of nitrogens with two attached hydrogens (primary N) is 1. The molecule has 2 heterocycles. The largest absolute Gasteiger partial charge is 0.360 e. The lowest BCUT2D eigenvalue weighted by atomic mass is 9.79. The maximum atomic E-state index is 12.4. The molecule has 0 amide bonds. The van der Waals surface area contributed by atoms with Crippen molar-refractivity contribution >= 4 is 5.78 Å². The summed E-state index contributed by atoms with van der Waals surface area (Å²) >= 11 is 0. The molecular weight excluding hydrogens is 252 g/mol. The lowest BCUT2D eigenvalue weighted by Crippen LogP contribution is -2.86. The summed E-state index contributed by atoms with van der Waals surface area (Å²) in [7, 11) is 0. The summed E-state index contributed by atoms with van der Waals surface area (Å²) < 4.78 is 5.54. The molecule has 0 aromatic carbocycles. The Bertz CT molecular complexity index is 487. The molecule has 20 heavy (non-hydrogen) atoms. The predicted octanol–water partition coefficient (Wildman–Crippen LogP) is 1.59. The number of aromatic nitrogens is 1. The van der Waals surface area contributed by atoms with Crippen LogP contribution < -0.4 is 5.32 Å². The standard InChI is InChI=1S/C16H24N2O2/c1-10(2)12-8-13-16(14(19)9-12)15(20-18-13)7-11-3-5-17-6-4-11/h10-12,17H,3-9H2,1-2H3/p+1. The second-order valence-electron chi connectivity index (χ2n) is 6.78. The minimum atomic E-state index is 0.253. The summed E-state index contributed by atoms with van der Waals surface area (Å²) in [5.41, 5.74) is 1.74. The smallest absolute Gasteiger partial charge is 0.168 e. The third-order valence-corrected chi connectivity index (χ3v) is 4.99. The van der Waals surface area contributed by atoms with Gasteiger partial charge in [0.25, 0.3) is 0 Å². The summed E-state index contributed by atoms with van der Waals surface area (Å²) in [6.45, 7) is 6.76. The zero-order chi connectivity index (χ0) is 14.1. The van der Waals surface area contributed by atoms with Gasteiger partial charge >= 0.3 is 0 Å². The number of ketones is 1. The number of fused-ring (bicyclic) bond motifs is 1. The highest BCUT2D eigenvalue weighted by Crippen LogP contribution is 2.33. The van der Waals surface area contributed by atoms with Crippen molar-refractivity contribution in [2.45, 2.75) is 46.0 Å². The number of quaternary nitrogens is 1. The van der Waals surface area contributed by atoms with Crippen LogP contribution in [-0.4, -0.2) is 24.0 Å². The molecular formula is C16H25N2O2+. The summed E-state index contributed by atoms with van der Waals surface area (Å²) in [5.74, 6) is 2.73. The molecule has 1 aromatic heterocycles. The van der Waals surface area contributed by atoms with E-state index in [0.717, 1.165) is 29.9 Å². The van der Waals surface area contributed by atoms with Crippen molar-refractivity contribution in [2.75, 3.05) is 13.1 Å². The van der Waals surface area contributed by atoms with Crippen molar-refractivity contribution in [2.24, 2.45) is 17.8 Å². The molecule has 0 spiro atoms. The van der Waals surface area contributed by atoms with Crippen LogP contribution in [0.15, 0.2) is 4.52 Å². The van der Waals surface area contributed by atoms with Gasteiger partial charge in [-0.25, -0.2) is 0 Å². The Morgan fingerprint density at radius 2 is 2.05 bits per heavy atom. The highest BCUT2D eigenvalue weighted by atomic mass is 16.5. The van der Waals surface area contributed by atoms with Crippen LogP contribution in [0, 0.1) is 17.8 Å². The van der Waals surface area contributed by atoms with Crippen molar-refractivity contribution in [3.8, 4) is 0 Å². The van der Waals surface area contributed by atoms with Gasteiger partial charge in [-0.1, -0.05) is 19.0 Å². The number of piperidine rings is 1. The third kappa shape index (κ3) is 2.66. The number of Topliss-reactive ketones (excluding diaryl/α,β-unsaturated/α-hetero) is 1. The molecule has 1 atom stereocenters. The summed E-state index contributed by atoms with van der Waals surface area (Å²) in [5, 5.41) is 6.57. The van der Waals surface area contributed by atoms with E-state index in [-0.39, 0.29) is 5.78 Å². The molecule has 1 fully saturated rings. The van der Waals surface area contributed by atoms with Crippen molar-refractivity contribution in [1.82, 2.24) is 5.16 Å². The van der Waals surface area contributed by atoms with Crippen LogP contribution in [0.25, 0.3) is 0 Å². The van der Waals surface area contributed by atoms with E-state index in [2.05, 4.69) is 24.3 Å². The molecule has 4 nitrogen and oxygen atoms in total. The number of hydrogen-bond donors (Lipinski definition) is 1. The van der Waals surface area contributed by atoms with Crippen LogP contribution in [-0.2, 0) is 12.8 Å². The van der Waals surface area contributed by atoms with Crippen LogP contribution in [0.5, 0.6) is 0 Å². The van der Waals surface area contributed by atoms with E-state index in [1.807, 2.05) is 0 Å². The molecule has 1 aliphatic carbocycles. The number of carbonyl (C=O) groups is 1. The SMILES string of the molecule is CC(C)C1CC(=O)c2c(noc2CC2CC[NH2+]CC2)C1. The van der Waals surface area contributed by atoms with E-state index >= 15 is 0 Å². The maximum Gasteiger partial charge on any atom is 0.168 e. The molecule has 2 aliphatic rings. The Kier molecular flexibility index (Phi) is 3.92. The van der Waals surface area contributed by atoms with Gasteiger partial charge in [0.2, 0.25) is 0 Å². The van der Waals surface area contributed by atoms with Gasteiger partial charge in [0.05, 0.1) is 24.3 Å². The summed E-state index contributed by atoms with van der Waals surface area (Å²) in [4.78, 5) is 12.4. The average Bonchev–Trinajstić information content (AvgIpc) is 2.83. The van der Waals surface area contributed by atoms with Crippen LogP contribution in [0.2, 0.25) is 0 Å². The van der Waals surface area contributed by atoms with Gasteiger partial charge in [-0.15, -0.1) is 0 Å². The Balaban J connectivity index is 1.77. The third-order valence-electron chi connectivity index (χ3n) is 4.99. The van der Waals surface area contributed by atoms with Gasteiger partial charge < -0.3 is 9.84 Å². The second kappa shape index (κ2) is 5.68. The fraction of sp³-hybridized carbons (Fsp3) is 0.750. The molecule has 4 heteroatoms. The van der Waals surface area contributed by atoms with Gasteiger partial charge in [0, 0.05) is 12.8 Å². The minimum absolute atomic E-state index is 0.253. The first-order valence-electron chi connectivity index (χ1n) is 7.97. The normalized spacial score (nSPS) is 24.1. The van der Waals surface area contributed by atoms with Crippen molar-refractivity contribution in [1.29, 1.82) is 0 Å². The molecule has 1 unspecified atom stereocenters. The molecule has 3 rings (SSSR count). The van der Waals surface area contributed by atoms with Crippen LogP contribution in [0.1, 0.15) is 54.9 Å². The zero-order valence-corrected chi connectivity index (χ0v) is 12.5. The quantitative estimate of drug-likeness (QED) is 0.912. The van der Waals surface area contributed by atoms with Crippen LogP contribution >= 0.6 is 0 Å². The molecule has 0 radical (unpaired) electrons. The molecule has 1 aromatic rings. The lowest BCUT2D eigenvalue weighted by Gasteiger charge is -2.24. The number of nitrogens with zero attached hydrogens (tertiary/aromatic N) is 1. The number of rotatable bonds is 3. The minimum Gasteiger partial charge on any atom is -0.360 e. The van der Waals surface area contributed by atoms with Crippen molar-refractivity contribution < 1.29 is 14.6 Å². The molecule has 0 bridgehead atoms. The van der Waals surface area contributed by atoms with E-state index < -0.39 is 0 Å². The van der Waals surface area contributed by atoms with E-state index in [1.165, 1.54) is 25.9 Å². The summed E-state index contributed by atoms with van der Waals surface area (Å²) in [6, 6.07) is 0. The first-order chi connectivity index (χ1) is 9.65. The molecule has 1 saturated heterocycles. The first kappa shape index (κ1) is 13.8. The van der Waals surface area contributed by atoms with Crippen LogP contribution in [0.3, 0.4) is 0 Å². The Labute approximate surface area is 120 Å². The van der Waals surface area contributed by atoms with E-state index in [1.54, 1.807) is 0 Å². The highest BCUT2D eigenvalue weighted by molar-refractivity contribution is 5.99. The lowest BCUT2D eigenvalue weighted by molar-refractivity contribution is -0.664. The van der Waals surface area contributed by atoms with E-state index in [4.69, 9.17) is 4.52 Å². The Hall–Kier alpha value is -1.16. The van der Waals surface area contributed by atoms with Gasteiger partial charge in [-0.05, 0) is 37.0 Å². The molecule has 1 aliphatic heterocycles. The fourth-order valence-electron chi connectivity index (χ4n) is 3.55. The van der Waals surface area contributed by atoms with Gasteiger partial charge in [0.15, 0.2) is 5.78 Å². The molecule has 2 N–H and O–H groups in total. The first-order valence-corrected chi connectivity index (χ1v) is 7.97.